The van der Waals surface area contributed by atoms with Crippen LogP contribution in [0.1, 0.15) is 70.0 Å². The van der Waals surface area contributed by atoms with Gasteiger partial charge >= 0.3 is 0 Å². The Morgan fingerprint density at radius 3 is 2.73 bits per heavy atom. The molecule has 1 amide bonds. The number of carbonyl (C=O) groups is 1. The van der Waals surface area contributed by atoms with E-state index in [2.05, 4.69) is 32.5 Å². The normalized spacial score (nSPS) is 26.7. The largest absolute Gasteiger partial charge is 0.343 e. The molecule has 1 aromatic rings. The molecule has 0 N–H and O–H groups in total. The van der Waals surface area contributed by atoms with Gasteiger partial charge in [-0.05, 0) is 44.4 Å². The smallest absolute Gasteiger partial charge is 0.223 e. The van der Waals surface area contributed by atoms with Crippen molar-refractivity contribution in [1.29, 1.82) is 0 Å². The first-order valence-corrected chi connectivity index (χ1v) is 10.8. The number of carbonyl (C=O) groups excluding carboxylic acids is 1. The van der Waals surface area contributed by atoms with Gasteiger partial charge in [-0.2, -0.15) is 0 Å². The summed E-state index contributed by atoms with van der Waals surface area (Å²) in [6.45, 7) is 7.31. The molecule has 2 saturated heterocycles. The van der Waals surface area contributed by atoms with Crippen LogP contribution in [0.25, 0.3) is 0 Å². The van der Waals surface area contributed by atoms with E-state index in [1.54, 1.807) is 0 Å². The van der Waals surface area contributed by atoms with Crippen molar-refractivity contribution in [2.24, 2.45) is 5.92 Å². The molecule has 3 aliphatic rings. The van der Waals surface area contributed by atoms with Crippen molar-refractivity contribution in [1.82, 2.24) is 19.4 Å². The summed E-state index contributed by atoms with van der Waals surface area (Å²) in [5.41, 5.74) is 0. The number of piperidine rings is 2. The first-order chi connectivity index (χ1) is 12.7. The second-order valence-electron chi connectivity index (χ2n) is 8.57. The van der Waals surface area contributed by atoms with Gasteiger partial charge in [-0.25, -0.2) is 4.98 Å². The number of unbranched alkanes of at least 4 members (excludes halogenated alkanes) is 1. The van der Waals surface area contributed by atoms with Gasteiger partial charge in [0.15, 0.2) is 0 Å². The second-order valence-corrected chi connectivity index (χ2v) is 8.57. The topological polar surface area (TPSA) is 41.4 Å². The highest BCUT2D eigenvalue weighted by atomic mass is 16.2. The maximum atomic E-state index is 12.6. The van der Waals surface area contributed by atoms with Gasteiger partial charge in [0, 0.05) is 63.5 Å². The SMILES string of the molecule is CCCCn1ccnc1C1CCN(C(=O)CCN2C[C@@H]3CC[C@H]2C3)CC1. The lowest BCUT2D eigenvalue weighted by molar-refractivity contribution is -0.132. The number of amides is 1. The summed E-state index contributed by atoms with van der Waals surface area (Å²) in [5.74, 6) is 3.03. The minimum Gasteiger partial charge on any atom is -0.343 e. The van der Waals surface area contributed by atoms with Crippen molar-refractivity contribution < 1.29 is 4.79 Å². The maximum Gasteiger partial charge on any atom is 0.223 e. The summed E-state index contributed by atoms with van der Waals surface area (Å²) < 4.78 is 2.33. The van der Waals surface area contributed by atoms with E-state index in [0.29, 0.717) is 18.2 Å². The van der Waals surface area contributed by atoms with Crippen LogP contribution in [0.4, 0.5) is 0 Å². The van der Waals surface area contributed by atoms with Gasteiger partial charge in [0.1, 0.15) is 5.82 Å². The highest BCUT2D eigenvalue weighted by Gasteiger charge is 2.37. The molecule has 144 valence electrons. The molecule has 26 heavy (non-hydrogen) atoms. The van der Waals surface area contributed by atoms with Crippen LogP contribution in [0.2, 0.25) is 0 Å². The van der Waals surface area contributed by atoms with Crippen molar-refractivity contribution in [3.8, 4) is 0 Å². The van der Waals surface area contributed by atoms with Gasteiger partial charge < -0.3 is 9.47 Å². The second kappa shape index (κ2) is 8.12. The Morgan fingerprint density at radius 1 is 1.19 bits per heavy atom. The van der Waals surface area contributed by atoms with Gasteiger partial charge in [0.05, 0.1) is 0 Å². The summed E-state index contributed by atoms with van der Waals surface area (Å²) in [6, 6.07) is 0.778. The third-order valence-electron chi connectivity index (χ3n) is 6.85. The number of nitrogens with zero attached hydrogens (tertiary/aromatic N) is 4. The quantitative estimate of drug-likeness (QED) is 0.751. The van der Waals surface area contributed by atoms with Crippen LogP contribution in [-0.4, -0.2) is 57.5 Å². The zero-order valence-corrected chi connectivity index (χ0v) is 16.3. The van der Waals surface area contributed by atoms with Crippen LogP contribution in [-0.2, 0) is 11.3 Å². The van der Waals surface area contributed by atoms with Crippen molar-refractivity contribution in [3.63, 3.8) is 0 Å². The van der Waals surface area contributed by atoms with Crippen LogP contribution >= 0.6 is 0 Å². The molecule has 0 aromatic carbocycles. The van der Waals surface area contributed by atoms with E-state index < -0.39 is 0 Å². The molecule has 2 atom stereocenters. The van der Waals surface area contributed by atoms with Gasteiger partial charge in [0.25, 0.3) is 0 Å². The number of likely N-dealkylation sites (tertiary alicyclic amines) is 2. The lowest BCUT2D eigenvalue weighted by Crippen LogP contribution is -2.41. The fourth-order valence-corrected chi connectivity index (χ4v) is 5.28. The lowest BCUT2D eigenvalue weighted by atomic mass is 9.95. The standard InChI is InChI=1S/C21H34N4O/c1-2-3-10-24-14-9-22-21(24)18-6-11-23(12-7-18)20(26)8-13-25-16-17-4-5-19(25)15-17/h9,14,17-19H,2-8,10-13,15-16H2,1H3/t17-,19+/m1/s1. The number of hydrogen-bond acceptors (Lipinski definition) is 3. The molecule has 5 heteroatoms. The van der Waals surface area contributed by atoms with Crippen molar-refractivity contribution in [3.05, 3.63) is 18.2 Å². The van der Waals surface area contributed by atoms with Crippen molar-refractivity contribution >= 4 is 5.91 Å². The van der Waals surface area contributed by atoms with E-state index in [1.807, 2.05) is 6.20 Å². The monoisotopic (exact) mass is 358 g/mol. The minimum absolute atomic E-state index is 0.362. The molecule has 5 nitrogen and oxygen atoms in total. The van der Waals surface area contributed by atoms with Crippen LogP contribution in [0.15, 0.2) is 12.4 Å². The van der Waals surface area contributed by atoms with Crippen molar-refractivity contribution in [2.45, 2.75) is 76.8 Å². The Morgan fingerprint density at radius 2 is 2.04 bits per heavy atom. The van der Waals surface area contributed by atoms with Gasteiger partial charge in [-0.3, -0.25) is 9.69 Å². The molecule has 2 aliphatic heterocycles. The molecular formula is C21H34N4O. The van der Waals surface area contributed by atoms with Crippen LogP contribution in [0.5, 0.6) is 0 Å². The molecule has 4 rings (SSSR count). The number of imidazole rings is 1. The Labute approximate surface area is 157 Å². The molecule has 1 aliphatic carbocycles. The fraction of sp³-hybridized carbons (Fsp3) is 0.810. The Bertz CT molecular complexity index is 605. The highest BCUT2D eigenvalue weighted by Crippen LogP contribution is 2.37. The van der Waals surface area contributed by atoms with Gasteiger partial charge in [-0.15, -0.1) is 0 Å². The van der Waals surface area contributed by atoms with Gasteiger partial charge in [0.2, 0.25) is 5.91 Å². The number of hydrogen-bond donors (Lipinski definition) is 0. The van der Waals surface area contributed by atoms with E-state index in [-0.39, 0.29) is 0 Å². The summed E-state index contributed by atoms with van der Waals surface area (Å²) in [5, 5.41) is 0. The number of aromatic nitrogens is 2. The zero-order valence-electron chi connectivity index (χ0n) is 16.3. The zero-order chi connectivity index (χ0) is 17.9. The fourth-order valence-electron chi connectivity index (χ4n) is 5.28. The Kier molecular flexibility index (Phi) is 5.63. The maximum absolute atomic E-state index is 12.6. The summed E-state index contributed by atoms with van der Waals surface area (Å²) in [7, 11) is 0. The average molecular weight is 359 g/mol. The third kappa shape index (κ3) is 3.83. The van der Waals surface area contributed by atoms with E-state index in [4.69, 9.17) is 0 Å². The van der Waals surface area contributed by atoms with E-state index in [9.17, 15) is 4.79 Å². The summed E-state index contributed by atoms with van der Waals surface area (Å²) in [6.07, 6.45) is 13.4. The van der Waals surface area contributed by atoms with Crippen LogP contribution in [0.3, 0.4) is 0 Å². The molecule has 2 bridgehead atoms. The predicted molar refractivity (Wildman–Crippen MR) is 103 cm³/mol. The van der Waals surface area contributed by atoms with E-state index in [0.717, 1.165) is 51.0 Å². The van der Waals surface area contributed by atoms with Crippen molar-refractivity contribution in [2.75, 3.05) is 26.2 Å². The number of fused-ring (bicyclic) bond motifs is 2. The Hall–Kier alpha value is -1.36. The van der Waals surface area contributed by atoms with Crippen LogP contribution in [0, 0.1) is 5.92 Å². The molecule has 0 radical (unpaired) electrons. The first kappa shape index (κ1) is 18.0. The number of aryl methyl sites for hydroxylation is 1. The minimum atomic E-state index is 0.362. The molecule has 3 fully saturated rings. The average Bonchev–Trinajstić information content (AvgIpc) is 3.41. The summed E-state index contributed by atoms with van der Waals surface area (Å²) in [4.78, 5) is 21.9. The van der Waals surface area contributed by atoms with Crippen LogP contribution < -0.4 is 0 Å². The predicted octanol–water partition coefficient (Wildman–Crippen LogP) is 3.26. The Balaban J connectivity index is 1.23. The lowest BCUT2D eigenvalue weighted by Gasteiger charge is -2.33. The molecular weight excluding hydrogens is 324 g/mol. The summed E-state index contributed by atoms with van der Waals surface area (Å²) >= 11 is 0. The third-order valence-corrected chi connectivity index (χ3v) is 6.85. The first-order valence-electron chi connectivity index (χ1n) is 10.8. The highest BCUT2D eigenvalue weighted by molar-refractivity contribution is 5.76. The molecule has 1 saturated carbocycles. The molecule has 0 spiro atoms. The van der Waals surface area contributed by atoms with E-state index >= 15 is 0 Å². The molecule has 0 unspecified atom stereocenters. The van der Waals surface area contributed by atoms with Gasteiger partial charge in [-0.1, -0.05) is 13.3 Å². The molecule has 3 heterocycles. The van der Waals surface area contributed by atoms with E-state index in [1.165, 1.54) is 44.5 Å². The molecule has 1 aromatic heterocycles. The number of rotatable bonds is 7.